The van der Waals surface area contributed by atoms with E-state index in [9.17, 15) is 5.11 Å². The Morgan fingerprint density at radius 1 is 1.15 bits per heavy atom. The highest BCUT2D eigenvalue weighted by Gasteiger charge is 2.41. The molecule has 3 atom stereocenters. The SMILES string of the molecule is Oc1ccc2c(c1)CCCC2NC1CCOC1C1CC1. The molecule has 0 aromatic heterocycles. The van der Waals surface area contributed by atoms with Crippen molar-refractivity contribution in [1.82, 2.24) is 5.32 Å². The lowest BCUT2D eigenvalue weighted by Gasteiger charge is -2.31. The highest BCUT2D eigenvalue weighted by Crippen LogP contribution is 2.40. The van der Waals surface area contributed by atoms with Crippen LogP contribution in [0.5, 0.6) is 5.75 Å². The highest BCUT2D eigenvalue weighted by molar-refractivity contribution is 5.38. The maximum absolute atomic E-state index is 9.64. The van der Waals surface area contributed by atoms with Gasteiger partial charge >= 0.3 is 0 Å². The monoisotopic (exact) mass is 273 g/mol. The molecule has 1 aliphatic heterocycles. The van der Waals surface area contributed by atoms with Crippen molar-refractivity contribution in [1.29, 1.82) is 0 Å². The number of phenols is 1. The van der Waals surface area contributed by atoms with E-state index in [0.717, 1.165) is 25.4 Å². The van der Waals surface area contributed by atoms with Crippen LogP contribution >= 0.6 is 0 Å². The number of benzene rings is 1. The Morgan fingerprint density at radius 3 is 2.90 bits per heavy atom. The largest absolute Gasteiger partial charge is 0.508 e. The fourth-order valence-corrected chi connectivity index (χ4v) is 3.91. The number of rotatable bonds is 3. The molecule has 4 rings (SSSR count). The van der Waals surface area contributed by atoms with Crippen molar-refractivity contribution in [2.45, 2.75) is 56.7 Å². The first-order valence-electron chi connectivity index (χ1n) is 8.01. The predicted molar refractivity (Wildman–Crippen MR) is 77.8 cm³/mol. The summed E-state index contributed by atoms with van der Waals surface area (Å²) in [5, 5.41) is 13.5. The van der Waals surface area contributed by atoms with Gasteiger partial charge in [-0.3, -0.25) is 0 Å². The first kappa shape index (κ1) is 12.7. The minimum absolute atomic E-state index is 0.393. The van der Waals surface area contributed by atoms with Crippen molar-refractivity contribution < 1.29 is 9.84 Å². The number of phenolic OH excluding ortho intramolecular Hbond substituents is 1. The molecule has 3 nitrogen and oxygen atoms in total. The first-order chi connectivity index (χ1) is 9.81. The number of aryl methyl sites for hydroxylation is 1. The van der Waals surface area contributed by atoms with Crippen molar-refractivity contribution in [3.05, 3.63) is 29.3 Å². The summed E-state index contributed by atoms with van der Waals surface area (Å²) in [6.45, 7) is 0.911. The molecule has 1 heterocycles. The Morgan fingerprint density at radius 2 is 2.05 bits per heavy atom. The van der Waals surface area contributed by atoms with Crippen LogP contribution in [0.25, 0.3) is 0 Å². The maximum atomic E-state index is 9.64. The Labute approximate surface area is 120 Å². The van der Waals surface area contributed by atoms with Crippen LogP contribution < -0.4 is 5.32 Å². The van der Waals surface area contributed by atoms with Gasteiger partial charge < -0.3 is 15.2 Å². The second-order valence-electron chi connectivity index (χ2n) is 6.56. The van der Waals surface area contributed by atoms with Crippen LogP contribution in [0.1, 0.15) is 49.3 Å². The molecule has 1 saturated heterocycles. The molecule has 0 radical (unpaired) electrons. The van der Waals surface area contributed by atoms with E-state index in [4.69, 9.17) is 4.74 Å². The molecule has 2 N–H and O–H groups in total. The van der Waals surface area contributed by atoms with Crippen LogP contribution in [0.2, 0.25) is 0 Å². The van der Waals surface area contributed by atoms with Crippen LogP contribution in [0.4, 0.5) is 0 Å². The molecule has 3 unspecified atom stereocenters. The van der Waals surface area contributed by atoms with Gasteiger partial charge in [0.15, 0.2) is 0 Å². The third kappa shape index (κ3) is 2.33. The average molecular weight is 273 g/mol. The van der Waals surface area contributed by atoms with Crippen molar-refractivity contribution in [3.8, 4) is 5.75 Å². The quantitative estimate of drug-likeness (QED) is 0.889. The van der Waals surface area contributed by atoms with E-state index in [1.807, 2.05) is 12.1 Å². The topological polar surface area (TPSA) is 41.5 Å². The molecule has 0 bridgehead atoms. The smallest absolute Gasteiger partial charge is 0.115 e. The van der Waals surface area contributed by atoms with Crippen molar-refractivity contribution in [3.63, 3.8) is 0 Å². The Bertz CT molecular complexity index is 498. The Kier molecular flexibility index (Phi) is 3.20. The second kappa shape index (κ2) is 5.05. The summed E-state index contributed by atoms with van der Waals surface area (Å²) >= 11 is 0. The van der Waals surface area contributed by atoms with Gasteiger partial charge in [-0.15, -0.1) is 0 Å². The van der Waals surface area contributed by atoms with Crippen molar-refractivity contribution in [2.24, 2.45) is 5.92 Å². The zero-order valence-corrected chi connectivity index (χ0v) is 11.8. The lowest BCUT2D eigenvalue weighted by molar-refractivity contribution is 0.0783. The molecule has 108 valence electrons. The lowest BCUT2D eigenvalue weighted by atomic mass is 9.86. The van der Waals surface area contributed by atoms with Gasteiger partial charge in [0.05, 0.1) is 6.10 Å². The summed E-state index contributed by atoms with van der Waals surface area (Å²) < 4.78 is 5.94. The molecule has 1 aromatic carbocycles. The van der Waals surface area contributed by atoms with E-state index in [1.165, 1.54) is 36.8 Å². The van der Waals surface area contributed by atoms with Gasteiger partial charge in [0.25, 0.3) is 0 Å². The minimum Gasteiger partial charge on any atom is -0.508 e. The molecule has 0 amide bonds. The average Bonchev–Trinajstić information content (AvgIpc) is 3.19. The third-order valence-electron chi connectivity index (χ3n) is 5.08. The van der Waals surface area contributed by atoms with Crippen LogP contribution in [-0.2, 0) is 11.2 Å². The summed E-state index contributed by atoms with van der Waals surface area (Å²) in [7, 11) is 0. The van der Waals surface area contributed by atoms with Gasteiger partial charge in [0.1, 0.15) is 5.75 Å². The van der Waals surface area contributed by atoms with E-state index < -0.39 is 0 Å². The molecule has 1 aromatic rings. The van der Waals surface area contributed by atoms with Gasteiger partial charge in [-0.25, -0.2) is 0 Å². The van der Waals surface area contributed by atoms with Crippen LogP contribution in [0.15, 0.2) is 18.2 Å². The van der Waals surface area contributed by atoms with Crippen molar-refractivity contribution >= 4 is 0 Å². The van der Waals surface area contributed by atoms with Crippen LogP contribution in [0.3, 0.4) is 0 Å². The standard InChI is InChI=1S/C17H23NO2/c19-13-6-7-14-12(10-13)2-1-3-15(14)18-16-8-9-20-17(16)11-4-5-11/h6-7,10-11,15-19H,1-5,8-9H2. The summed E-state index contributed by atoms with van der Waals surface area (Å²) in [6, 6.07) is 6.82. The zero-order chi connectivity index (χ0) is 13.5. The predicted octanol–water partition coefficient (Wildman–Crippen LogP) is 2.93. The molecule has 3 heteroatoms. The number of fused-ring (bicyclic) bond motifs is 1. The fourth-order valence-electron chi connectivity index (χ4n) is 3.91. The van der Waals surface area contributed by atoms with Gasteiger partial charge in [0.2, 0.25) is 0 Å². The molecule has 20 heavy (non-hydrogen) atoms. The number of nitrogens with one attached hydrogen (secondary N) is 1. The van der Waals surface area contributed by atoms with Crippen LogP contribution in [0, 0.1) is 5.92 Å². The first-order valence-corrected chi connectivity index (χ1v) is 8.01. The molecular formula is C17H23NO2. The summed E-state index contributed by atoms with van der Waals surface area (Å²) in [5.41, 5.74) is 2.70. The number of aromatic hydroxyl groups is 1. The van der Waals surface area contributed by atoms with E-state index in [0.29, 0.717) is 23.9 Å². The number of hydrogen-bond donors (Lipinski definition) is 2. The second-order valence-corrected chi connectivity index (χ2v) is 6.56. The molecule has 2 fully saturated rings. The number of hydrogen-bond acceptors (Lipinski definition) is 3. The fraction of sp³-hybridized carbons (Fsp3) is 0.647. The van der Waals surface area contributed by atoms with Gasteiger partial charge in [-0.2, -0.15) is 0 Å². The molecule has 0 spiro atoms. The summed E-state index contributed by atoms with van der Waals surface area (Å²) in [4.78, 5) is 0. The summed E-state index contributed by atoms with van der Waals surface area (Å²) in [5.74, 6) is 1.20. The third-order valence-corrected chi connectivity index (χ3v) is 5.08. The van der Waals surface area contributed by atoms with E-state index in [2.05, 4.69) is 11.4 Å². The molecular weight excluding hydrogens is 250 g/mol. The molecule has 1 saturated carbocycles. The van der Waals surface area contributed by atoms with E-state index in [-0.39, 0.29) is 0 Å². The highest BCUT2D eigenvalue weighted by atomic mass is 16.5. The summed E-state index contributed by atoms with van der Waals surface area (Å²) in [6.07, 6.45) is 7.77. The van der Waals surface area contributed by atoms with E-state index in [1.54, 1.807) is 0 Å². The zero-order valence-electron chi connectivity index (χ0n) is 11.8. The Balaban J connectivity index is 1.52. The van der Waals surface area contributed by atoms with Gasteiger partial charge in [-0.1, -0.05) is 6.07 Å². The van der Waals surface area contributed by atoms with Crippen molar-refractivity contribution in [2.75, 3.05) is 6.61 Å². The van der Waals surface area contributed by atoms with E-state index >= 15 is 0 Å². The number of ether oxygens (including phenoxy) is 1. The van der Waals surface area contributed by atoms with Crippen LogP contribution in [-0.4, -0.2) is 23.9 Å². The van der Waals surface area contributed by atoms with Gasteiger partial charge in [0, 0.05) is 18.7 Å². The molecule has 3 aliphatic rings. The lowest BCUT2D eigenvalue weighted by Crippen LogP contribution is -2.40. The maximum Gasteiger partial charge on any atom is 0.115 e. The van der Waals surface area contributed by atoms with Gasteiger partial charge in [-0.05, 0) is 67.7 Å². The Hall–Kier alpha value is -1.06. The molecule has 2 aliphatic carbocycles. The normalized spacial score (nSPS) is 33.1. The minimum atomic E-state index is 0.393.